The van der Waals surface area contributed by atoms with Gasteiger partial charge >= 0.3 is 5.97 Å². The van der Waals surface area contributed by atoms with E-state index in [9.17, 15) is 19.6 Å². The summed E-state index contributed by atoms with van der Waals surface area (Å²) in [5.74, 6) is -2.41. The van der Waals surface area contributed by atoms with E-state index in [-0.39, 0.29) is 36.6 Å². The van der Waals surface area contributed by atoms with E-state index in [2.05, 4.69) is 16.3 Å². The molecule has 38 heavy (non-hydrogen) atoms. The Labute approximate surface area is 217 Å². The van der Waals surface area contributed by atoms with E-state index in [4.69, 9.17) is 9.47 Å². The third-order valence-corrected chi connectivity index (χ3v) is 7.63. The highest BCUT2D eigenvalue weighted by Crippen LogP contribution is 2.47. The van der Waals surface area contributed by atoms with Gasteiger partial charge in [0, 0.05) is 46.0 Å². The Bertz CT molecular complexity index is 1610. The summed E-state index contributed by atoms with van der Waals surface area (Å²) in [7, 11) is 1.37. The summed E-state index contributed by atoms with van der Waals surface area (Å²) in [6, 6.07) is 8.47. The molecule has 1 fully saturated rings. The number of carbonyl (C=O) groups is 1. The third kappa shape index (κ3) is 3.89. The van der Waals surface area contributed by atoms with Crippen LogP contribution in [0.25, 0.3) is 27.5 Å². The number of benzene rings is 2. The van der Waals surface area contributed by atoms with Crippen LogP contribution in [0.5, 0.6) is 5.75 Å². The van der Waals surface area contributed by atoms with E-state index in [1.807, 2.05) is 24.5 Å². The average Bonchev–Trinajstić information content (AvgIpc) is 3.49. The number of nitrogens with one attached hydrogen (secondary N) is 1. The molecule has 5 rings (SSSR count). The number of ether oxygens (including phenoxy) is 2. The minimum Gasteiger partial charge on any atom is -0.494 e. The van der Waals surface area contributed by atoms with Gasteiger partial charge < -0.3 is 19.1 Å². The summed E-state index contributed by atoms with van der Waals surface area (Å²) in [6.07, 6.45) is 2.32. The fourth-order valence-corrected chi connectivity index (χ4v) is 5.52. The standard InChI is InChI=1S/C28H28F2N4O4/c1-27(2,9-10-31)25-21(15-7-8-28(3,26(35)36)38-14-15)22-19(11-16-13-32-33-24(16)23(22)30)34(25)17-5-6-18(29)20(12-17)37-4/h5-6,11-13,15H,7-9,14H2,1-4H3,(H,32,33)(H,35,36)/t15-,28+/m0/s1. The number of nitrogens with zero attached hydrogens (tertiary/aromatic N) is 3. The number of hydrogen-bond donors (Lipinski definition) is 2. The summed E-state index contributed by atoms with van der Waals surface area (Å²) in [5, 5.41) is 27.0. The van der Waals surface area contributed by atoms with Crippen LogP contribution >= 0.6 is 0 Å². The van der Waals surface area contributed by atoms with Crippen LogP contribution < -0.4 is 4.74 Å². The fraction of sp³-hybridized carbons (Fsp3) is 0.393. The van der Waals surface area contributed by atoms with Crippen LogP contribution in [-0.4, -0.2) is 45.2 Å². The normalized spacial score (nSPS) is 20.1. The summed E-state index contributed by atoms with van der Waals surface area (Å²) in [4.78, 5) is 11.8. The number of hydrogen-bond acceptors (Lipinski definition) is 5. The number of halogens is 2. The van der Waals surface area contributed by atoms with Crippen LogP contribution in [-0.2, 0) is 14.9 Å². The van der Waals surface area contributed by atoms with Crippen molar-refractivity contribution in [2.24, 2.45) is 0 Å². The molecule has 3 heterocycles. The zero-order valence-corrected chi connectivity index (χ0v) is 21.6. The van der Waals surface area contributed by atoms with Crippen molar-refractivity contribution >= 4 is 27.8 Å². The zero-order chi connectivity index (χ0) is 27.4. The van der Waals surface area contributed by atoms with Gasteiger partial charge in [-0.1, -0.05) is 13.8 Å². The SMILES string of the molecule is COc1cc(-n2c(C(C)(C)CC#N)c([C@H]3CC[C@](C)(C(=O)O)OC3)c3c(F)c4[nH]ncc4cc32)ccc1F. The average molecular weight is 523 g/mol. The molecule has 0 amide bonds. The molecule has 10 heteroatoms. The second-order valence-electron chi connectivity index (χ2n) is 10.6. The molecule has 2 N–H and O–H groups in total. The van der Waals surface area contributed by atoms with Gasteiger partial charge in [-0.05, 0) is 43.5 Å². The monoisotopic (exact) mass is 522 g/mol. The molecule has 0 saturated carbocycles. The van der Waals surface area contributed by atoms with Crippen molar-refractivity contribution in [3.8, 4) is 17.5 Å². The summed E-state index contributed by atoms with van der Waals surface area (Å²) < 4.78 is 43.7. The summed E-state index contributed by atoms with van der Waals surface area (Å²) >= 11 is 0. The van der Waals surface area contributed by atoms with Crippen LogP contribution in [0, 0.1) is 23.0 Å². The maximum absolute atomic E-state index is 16.3. The van der Waals surface area contributed by atoms with Gasteiger partial charge in [0.25, 0.3) is 0 Å². The number of aromatic amines is 1. The third-order valence-electron chi connectivity index (χ3n) is 7.63. The molecule has 0 spiro atoms. The first-order valence-electron chi connectivity index (χ1n) is 12.3. The number of aromatic nitrogens is 3. The Morgan fingerprint density at radius 1 is 1.39 bits per heavy atom. The molecule has 1 aliphatic rings. The molecule has 2 atom stereocenters. The van der Waals surface area contributed by atoms with Crippen LogP contribution in [0.2, 0.25) is 0 Å². The molecular weight excluding hydrogens is 494 g/mol. The lowest BCUT2D eigenvalue weighted by Crippen LogP contribution is -2.43. The van der Waals surface area contributed by atoms with Gasteiger partial charge in [0.1, 0.15) is 5.52 Å². The minimum atomic E-state index is -1.34. The molecule has 0 unspecified atom stereocenters. The van der Waals surface area contributed by atoms with E-state index in [0.29, 0.717) is 39.7 Å². The minimum absolute atomic E-state index is 0.0259. The van der Waals surface area contributed by atoms with Gasteiger partial charge in [0.05, 0.1) is 31.5 Å². The maximum atomic E-state index is 16.3. The maximum Gasteiger partial charge on any atom is 0.335 e. The van der Waals surface area contributed by atoms with Crippen LogP contribution in [0.3, 0.4) is 0 Å². The number of fused-ring (bicyclic) bond motifs is 2. The van der Waals surface area contributed by atoms with Crippen molar-refractivity contribution in [1.29, 1.82) is 5.26 Å². The molecule has 8 nitrogen and oxygen atoms in total. The largest absolute Gasteiger partial charge is 0.494 e. The number of methoxy groups -OCH3 is 1. The molecule has 4 aromatic rings. The quantitative estimate of drug-likeness (QED) is 0.335. The summed E-state index contributed by atoms with van der Waals surface area (Å²) in [5.41, 5.74) is 0.513. The van der Waals surface area contributed by atoms with Crippen molar-refractivity contribution < 1.29 is 28.2 Å². The summed E-state index contributed by atoms with van der Waals surface area (Å²) in [6.45, 7) is 5.41. The van der Waals surface area contributed by atoms with Gasteiger partial charge in [-0.15, -0.1) is 0 Å². The molecule has 0 bridgehead atoms. The topological polar surface area (TPSA) is 113 Å². The molecule has 0 radical (unpaired) electrons. The molecule has 1 saturated heterocycles. The zero-order valence-electron chi connectivity index (χ0n) is 21.6. The van der Waals surface area contributed by atoms with E-state index in [1.165, 1.54) is 26.3 Å². The Balaban J connectivity index is 1.88. The molecule has 0 aliphatic carbocycles. The lowest BCUT2D eigenvalue weighted by molar-refractivity contribution is -0.170. The van der Waals surface area contributed by atoms with Crippen LogP contribution in [0.1, 0.15) is 57.2 Å². The first kappa shape index (κ1) is 25.7. The van der Waals surface area contributed by atoms with E-state index in [1.54, 1.807) is 12.1 Å². The first-order chi connectivity index (χ1) is 18.0. The van der Waals surface area contributed by atoms with E-state index >= 15 is 4.39 Å². The Hall–Kier alpha value is -3.97. The molecule has 198 valence electrons. The van der Waals surface area contributed by atoms with Crippen LogP contribution in [0.4, 0.5) is 8.78 Å². The fourth-order valence-electron chi connectivity index (χ4n) is 5.52. The predicted molar refractivity (Wildman–Crippen MR) is 137 cm³/mol. The van der Waals surface area contributed by atoms with Gasteiger partial charge in [-0.2, -0.15) is 10.4 Å². The Kier molecular flexibility index (Phi) is 6.15. The van der Waals surface area contributed by atoms with Crippen molar-refractivity contribution in [2.75, 3.05) is 13.7 Å². The van der Waals surface area contributed by atoms with Crippen molar-refractivity contribution in [3.63, 3.8) is 0 Å². The van der Waals surface area contributed by atoms with E-state index < -0.39 is 28.6 Å². The highest BCUT2D eigenvalue weighted by molar-refractivity contribution is 6.00. The second-order valence-corrected chi connectivity index (χ2v) is 10.6. The Morgan fingerprint density at radius 2 is 2.16 bits per heavy atom. The predicted octanol–water partition coefficient (Wildman–Crippen LogP) is 5.72. The second kappa shape index (κ2) is 9.10. The number of aliphatic carboxylic acids is 1. The molecular formula is C28H28F2N4O4. The number of nitriles is 1. The van der Waals surface area contributed by atoms with Crippen molar-refractivity contribution in [3.05, 3.63) is 53.4 Å². The lowest BCUT2D eigenvalue weighted by atomic mass is 9.77. The Morgan fingerprint density at radius 3 is 2.79 bits per heavy atom. The van der Waals surface area contributed by atoms with Crippen molar-refractivity contribution in [1.82, 2.24) is 14.8 Å². The first-order valence-corrected chi connectivity index (χ1v) is 12.3. The highest BCUT2D eigenvalue weighted by Gasteiger charge is 2.43. The molecule has 2 aromatic heterocycles. The number of carboxylic acids is 1. The van der Waals surface area contributed by atoms with E-state index in [0.717, 1.165) is 0 Å². The van der Waals surface area contributed by atoms with Gasteiger partial charge in [0.15, 0.2) is 23.0 Å². The van der Waals surface area contributed by atoms with Crippen LogP contribution in [0.15, 0.2) is 30.5 Å². The molecule has 2 aromatic carbocycles. The smallest absolute Gasteiger partial charge is 0.335 e. The van der Waals surface area contributed by atoms with Gasteiger partial charge in [-0.25, -0.2) is 13.6 Å². The number of carboxylic acid groups (broad SMARTS) is 1. The lowest BCUT2D eigenvalue weighted by Gasteiger charge is -2.36. The molecule has 1 aliphatic heterocycles. The number of H-pyrrole nitrogens is 1. The van der Waals surface area contributed by atoms with Gasteiger partial charge in [-0.3, -0.25) is 5.10 Å². The van der Waals surface area contributed by atoms with Gasteiger partial charge in [0.2, 0.25) is 0 Å². The highest BCUT2D eigenvalue weighted by atomic mass is 19.1. The van der Waals surface area contributed by atoms with Crippen molar-refractivity contribution in [2.45, 2.75) is 57.0 Å². The number of rotatable bonds is 6.